The smallest absolute Gasteiger partial charge is 0.171 e. The normalized spacial score (nSPS) is 10.5. The minimum Gasteiger partial charge on any atom is -0.416 e. The molecule has 0 N–H and O–H groups in total. The summed E-state index contributed by atoms with van der Waals surface area (Å²) in [6.45, 7) is 5.11. The van der Waals surface area contributed by atoms with Crippen molar-refractivity contribution >= 4 is 9.04 Å². The number of benzene rings is 1. The van der Waals surface area contributed by atoms with Crippen molar-refractivity contribution in [2.45, 2.75) is 19.7 Å². The molecule has 59 valence electrons. The van der Waals surface area contributed by atoms with Gasteiger partial charge in [0.15, 0.2) is 9.04 Å². The molecule has 0 spiro atoms. The van der Waals surface area contributed by atoms with Crippen LogP contribution in [0.25, 0.3) is 0 Å². The molecule has 1 rings (SSSR count). The Balaban J connectivity index is 2.39. The van der Waals surface area contributed by atoms with Crippen molar-refractivity contribution < 1.29 is 4.43 Å². The zero-order valence-corrected chi connectivity index (χ0v) is 8.16. The van der Waals surface area contributed by atoms with Crippen molar-refractivity contribution in [2.24, 2.45) is 0 Å². The van der Waals surface area contributed by atoms with E-state index in [1.54, 1.807) is 0 Å². The molecule has 0 atom stereocenters. The van der Waals surface area contributed by atoms with E-state index in [9.17, 15) is 0 Å². The van der Waals surface area contributed by atoms with E-state index >= 15 is 0 Å². The van der Waals surface area contributed by atoms with Gasteiger partial charge in [-0.3, -0.25) is 0 Å². The summed E-state index contributed by atoms with van der Waals surface area (Å²) in [7, 11) is -0.851. The van der Waals surface area contributed by atoms with Crippen LogP contribution in [0.15, 0.2) is 24.3 Å². The maximum Gasteiger partial charge on any atom is 0.171 e. The molecule has 0 aliphatic heterocycles. The van der Waals surface area contributed by atoms with E-state index in [-0.39, 0.29) is 0 Å². The van der Waals surface area contributed by atoms with Gasteiger partial charge in [0.1, 0.15) is 0 Å². The van der Waals surface area contributed by atoms with Gasteiger partial charge >= 0.3 is 0 Å². The molecule has 0 bridgehead atoms. The molecule has 0 heterocycles. The number of hydrogen-bond donors (Lipinski definition) is 0. The summed E-state index contributed by atoms with van der Waals surface area (Å²) in [6.07, 6.45) is 0. The molecule has 0 saturated heterocycles. The molecule has 1 nitrogen and oxygen atoms in total. The predicted octanol–water partition coefficient (Wildman–Crippen LogP) is 1.99. The summed E-state index contributed by atoms with van der Waals surface area (Å²) >= 11 is 0. The molecule has 0 fully saturated rings. The Morgan fingerprint density at radius 3 is 2.55 bits per heavy atom. The van der Waals surface area contributed by atoms with Crippen molar-refractivity contribution in [1.29, 1.82) is 0 Å². The van der Waals surface area contributed by atoms with Crippen molar-refractivity contribution in [3.8, 4) is 0 Å². The van der Waals surface area contributed by atoms with Crippen molar-refractivity contribution in [2.75, 3.05) is 0 Å². The second kappa shape index (κ2) is 4.31. The minimum atomic E-state index is -0.851. The largest absolute Gasteiger partial charge is 0.416 e. The Kier molecular flexibility index (Phi) is 3.33. The highest BCUT2D eigenvalue weighted by molar-refractivity contribution is 6.48. The van der Waals surface area contributed by atoms with Crippen LogP contribution in [-0.2, 0) is 11.0 Å². The first-order valence-corrected chi connectivity index (χ1v) is 6.63. The molecule has 1 radical (unpaired) electrons. The summed E-state index contributed by atoms with van der Waals surface area (Å²) < 4.78 is 5.55. The second-order valence-electron chi connectivity index (χ2n) is 2.77. The second-order valence-corrected chi connectivity index (χ2v) is 5.20. The van der Waals surface area contributed by atoms with E-state index in [4.69, 9.17) is 4.43 Å². The molecule has 2 heteroatoms. The van der Waals surface area contributed by atoms with Gasteiger partial charge in [-0.05, 0) is 24.7 Å². The first-order chi connectivity index (χ1) is 5.29. The lowest BCUT2D eigenvalue weighted by Gasteiger charge is -2.05. The van der Waals surface area contributed by atoms with E-state index in [0.29, 0.717) is 0 Å². The van der Waals surface area contributed by atoms with Crippen molar-refractivity contribution in [3.05, 3.63) is 35.9 Å². The Labute approximate surface area is 69.7 Å². The van der Waals surface area contributed by atoms with Gasteiger partial charge in [0, 0.05) is 0 Å². The van der Waals surface area contributed by atoms with E-state index in [1.807, 2.05) is 24.3 Å². The Hall–Kier alpha value is -0.603. The van der Waals surface area contributed by atoms with Crippen LogP contribution in [0, 0.1) is 6.07 Å². The zero-order valence-electron chi connectivity index (χ0n) is 7.00. The van der Waals surface area contributed by atoms with Crippen LogP contribution in [0.4, 0.5) is 0 Å². The van der Waals surface area contributed by atoms with E-state index in [1.165, 1.54) is 5.56 Å². The lowest BCUT2D eigenvalue weighted by Crippen LogP contribution is -2.06. The van der Waals surface area contributed by atoms with Crippen LogP contribution in [0.1, 0.15) is 5.56 Å². The van der Waals surface area contributed by atoms with Crippen LogP contribution in [0.3, 0.4) is 0 Å². The third-order valence-corrected chi connectivity index (χ3v) is 2.20. The molecule has 1 aromatic carbocycles. The highest BCUT2D eigenvalue weighted by Gasteiger charge is 1.95. The molecule has 0 saturated carbocycles. The summed E-state index contributed by atoms with van der Waals surface area (Å²) in [5, 5.41) is 0. The minimum absolute atomic E-state index is 0.762. The molecular formula is C9H13OSi. The van der Waals surface area contributed by atoms with Crippen LogP contribution < -0.4 is 0 Å². The lowest BCUT2D eigenvalue weighted by atomic mass is 10.2. The fourth-order valence-electron chi connectivity index (χ4n) is 0.781. The molecular weight excluding hydrogens is 152 g/mol. The highest BCUT2D eigenvalue weighted by Crippen LogP contribution is 2.00. The van der Waals surface area contributed by atoms with Crippen LogP contribution in [0.5, 0.6) is 0 Å². The molecule has 0 unspecified atom stereocenters. The van der Waals surface area contributed by atoms with E-state index < -0.39 is 9.04 Å². The van der Waals surface area contributed by atoms with Crippen molar-refractivity contribution in [3.63, 3.8) is 0 Å². The zero-order chi connectivity index (χ0) is 8.10. The number of hydrogen-bond acceptors (Lipinski definition) is 1. The first-order valence-electron chi connectivity index (χ1n) is 3.85. The molecule has 0 amide bonds. The quantitative estimate of drug-likeness (QED) is 0.622. The highest BCUT2D eigenvalue weighted by atomic mass is 28.3. The fraction of sp³-hybridized carbons (Fsp3) is 0.333. The van der Waals surface area contributed by atoms with Gasteiger partial charge in [-0.1, -0.05) is 24.3 Å². The van der Waals surface area contributed by atoms with Gasteiger partial charge in [-0.15, -0.1) is 0 Å². The lowest BCUT2D eigenvalue weighted by molar-refractivity contribution is 0.314. The van der Waals surface area contributed by atoms with E-state index in [2.05, 4.69) is 19.2 Å². The van der Waals surface area contributed by atoms with Crippen molar-refractivity contribution in [1.82, 2.24) is 0 Å². The SMILES string of the molecule is C[SiH](C)OCc1cc[c]cc1. The summed E-state index contributed by atoms with van der Waals surface area (Å²) in [6, 6.07) is 10.9. The van der Waals surface area contributed by atoms with E-state index in [0.717, 1.165) is 6.61 Å². The number of rotatable bonds is 3. The van der Waals surface area contributed by atoms with Gasteiger partial charge in [0.2, 0.25) is 0 Å². The fourth-order valence-corrected chi connectivity index (χ4v) is 1.31. The predicted molar refractivity (Wildman–Crippen MR) is 48.9 cm³/mol. The molecule has 0 aliphatic carbocycles. The molecule has 0 aliphatic rings. The first kappa shape index (κ1) is 8.49. The summed E-state index contributed by atoms with van der Waals surface area (Å²) in [4.78, 5) is 0. The van der Waals surface area contributed by atoms with Gasteiger partial charge in [-0.2, -0.15) is 0 Å². The Morgan fingerprint density at radius 1 is 1.36 bits per heavy atom. The average Bonchev–Trinajstić information content (AvgIpc) is 2.03. The van der Waals surface area contributed by atoms with Gasteiger partial charge in [0.05, 0.1) is 6.61 Å². The van der Waals surface area contributed by atoms with Gasteiger partial charge in [-0.25, -0.2) is 0 Å². The topological polar surface area (TPSA) is 9.23 Å². The summed E-state index contributed by atoms with van der Waals surface area (Å²) in [5.74, 6) is 0. The van der Waals surface area contributed by atoms with Crippen LogP contribution >= 0.6 is 0 Å². The molecule has 11 heavy (non-hydrogen) atoms. The Morgan fingerprint density at radius 2 is 2.00 bits per heavy atom. The van der Waals surface area contributed by atoms with Gasteiger partial charge in [0.25, 0.3) is 0 Å². The third kappa shape index (κ3) is 3.35. The molecule has 0 aromatic heterocycles. The third-order valence-electron chi connectivity index (χ3n) is 1.37. The summed E-state index contributed by atoms with van der Waals surface area (Å²) in [5.41, 5.74) is 1.24. The standard InChI is InChI=1S/C9H13OSi/c1-11(2)10-8-9-6-4-3-5-7-9/h4-7,11H,8H2,1-2H3. The monoisotopic (exact) mass is 165 g/mol. The van der Waals surface area contributed by atoms with Gasteiger partial charge < -0.3 is 4.43 Å². The van der Waals surface area contributed by atoms with Crippen LogP contribution in [0.2, 0.25) is 13.1 Å². The van der Waals surface area contributed by atoms with Crippen LogP contribution in [-0.4, -0.2) is 9.04 Å². The molecule has 1 aromatic rings. The maximum absolute atomic E-state index is 5.55. The maximum atomic E-state index is 5.55. The average molecular weight is 165 g/mol. The Bertz CT molecular complexity index is 196.